The van der Waals surface area contributed by atoms with Crippen molar-refractivity contribution in [2.75, 3.05) is 12.8 Å². The van der Waals surface area contributed by atoms with Crippen molar-refractivity contribution in [1.82, 2.24) is 4.98 Å². The van der Waals surface area contributed by atoms with Crippen molar-refractivity contribution < 1.29 is 4.74 Å². The van der Waals surface area contributed by atoms with Crippen LogP contribution in [-0.2, 0) is 0 Å². The molecule has 0 amide bonds. The minimum atomic E-state index is 0.593. The number of nitrogens with zero attached hydrogens (tertiary/aromatic N) is 1. The number of hydrogen-bond donors (Lipinski definition) is 1. The molecule has 0 saturated carbocycles. The van der Waals surface area contributed by atoms with Crippen LogP contribution < -0.4 is 10.5 Å². The van der Waals surface area contributed by atoms with Crippen molar-refractivity contribution >= 4 is 5.69 Å². The van der Waals surface area contributed by atoms with Crippen LogP contribution in [0.3, 0.4) is 0 Å². The lowest BCUT2D eigenvalue weighted by Crippen LogP contribution is -1.94. The van der Waals surface area contributed by atoms with E-state index in [2.05, 4.69) is 4.98 Å². The standard InChI is InChI=1S/C12H12N2O/c1-15-12-11(7-10(13)8-14-12)9-5-3-2-4-6-9/h2-8H,13H2,1H3. The summed E-state index contributed by atoms with van der Waals surface area (Å²) in [5.41, 5.74) is 8.30. The molecule has 3 nitrogen and oxygen atoms in total. The van der Waals surface area contributed by atoms with E-state index in [1.807, 2.05) is 36.4 Å². The molecule has 0 saturated heterocycles. The van der Waals surface area contributed by atoms with Crippen LogP contribution in [-0.4, -0.2) is 12.1 Å². The summed E-state index contributed by atoms with van der Waals surface area (Å²) in [6.07, 6.45) is 1.59. The Kier molecular flexibility index (Phi) is 2.54. The zero-order valence-corrected chi connectivity index (χ0v) is 8.47. The quantitative estimate of drug-likeness (QED) is 0.809. The number of rotatable bonds is 2. The van der Waals surface area contributed by atoms with Gasteiger partial charge in [-0.2, -0.15) is 0 Å². The average Bonchev–Trinajstić information content (AvgIpc) is 2.30. The van der Waals surface area contributed by atoms with Crippen molar-refractivity contribution in [3.05, 3.63) is 42.6 Å². The summed E-state index contributed by atoms with van der Waals surface area (Å²) in [5, 5.41) is 0. The Morgan fingerprint density at radius 2 is 1.93 bits per heavy atom. The molecule has 15 heavy (non-hydrogen) atoms. The number of benzene rings is 1. The van der Waals surface area contributed by atoms with Crippen LogP contribution in [0.5, 0.6) is 5.88 Å². The highest BCUT2D eigenvalue weighted by Gasteiger charge is 2.06. The molecule has 1 aromatic carbocycles. The number of aromatic nitrogens is 1. The van der Waals surface area contributed by atoms with E-state index in [1.165, 1.54) is 0 Å². The zero-order chi connectivity index (χ0) is 10.7. The molecule has 0 fully saturated rings. The summed E-state index contributed by atoms with van der Waals surface area (Å²) >= 11 is 0. The van der Waals surface area contributed by atoms with E-state index in [9.17, 15) is 0 Å². The zero-order valence-electron chi connectivity index (χ0n) is 8.47. The van der Waals surface area contributed by atoms with Crippen molar-refractivity contribution in [3.8, 4) is 17.0 Å². The molecule has 0 spiro atoms. The van der Waals surface area contributed by atoms with Gasteiger partial charge in [-0.15, -0.1) is 0 Å². The van der Waals surface area contributed by atoms with Gasteiger partial charge in [-0.05, 0) is 11.6 Å². The summed E-state index contributed by atoms with van der Waals surface area (Å²) in [4.78, 5) is 4.13. The Morgan fingerprint density at radius 1 is 1.20 bits per heavy atom. The Bertz CT molecular complexity index is 454. The molecule has 0 bridgehead atoms. The Morgan fingerprint density at radius 3 is 2.60 bits per heavy atom. The van der Waals surface area contributed by atoms with Crippen molar-refractivity contribution in [2.24, 2.45) is 0 Å². The maximum Gasteiger partial charge on any atom is 0.221 e. The number of ether oxygens (including phenoxy) is 1. The topological polar surface area (TPSA) is 48.1 Å². The second kappa shape index (κ2) is 4.00. The highest BCUT2D eigenvalue weighted by Crippen LogP contribution is 2.28. The maximum absolute atomic E-state index is 5.70. The average molecular weight is 200 g/mol. The number of nitrogens with two attached hydrogens (primary N) is 1. The smallest absolute Gasteiger partial charge is 0.221 e. The van der Waals surface area contributed by atoms with Crippen molar-refractivity contribution in [1.29, 1.82) is 0 Å². The summed E-state index contributed by atoms with van der Waals surface area (Å²) in [6, 6.07) is 11.8. The van der Waals surface area contributed by atoms with Gasteiger partial charge in [-0.25, -0.2) is 4.98 Å². The predicted molar refractivity (Wildman–Crippen MR) is 60.6 cm³/mol. The van der Waals surface area contributed by atoms with Crippen LogP contribution in [0.4, 0.5) is 5.69 Å². The minimum absolute atomic E-state index is 0.593. The van der Waals surface area contributed by atoms with Crippen LogP contribution in [0.15, 0.2) is 42.6 Å². The number of nitrogen functional groups attached to an aromatic ring is 1. The van der Waals surface area contributed by atoms with E-state index < -0.39 is 0 Å². The first-order valence-electron chi connectivity index (χ1n) is 4.66. The highest BCUT2D eigenvalue weighted by atomic mass is 16.5. The van der Waals surface area contributed by atoms with Gasteiger partial charge in [0.25, 0.3) is 0 Å². The summed E-state index contributed by atoms with van der Waals surface area (Å²) in [5.74, 6) is 0.593. The molecule has 0 aliphatic heterocycles. The second-order valence-electron chi connectivity index (χ2n) is 3.19. The Hall–Kier alpha value is -2.03. The molecule has 76 valence electrons. The molecular weight excluding hydrogens is 188 g/mol. The molecule has 0 radical (unpaired) electrons. The fraction of sp³-hybridized carbons (Fsp3) is 0.0833. The predicted octanol–water partition coefficient (Wildman–Crippen LogP) is 2.34. The first kappa shape index (κ1) is 9.52. The van der Waals surface area contributed by atoms with Gasteiger partial charge < -0.3 is 10.5 Å². The van der Waals surface area contributed by atoms with Gasteiger partial charge in [0, 0.05) is 5.56 Å². The van der Waals surface area contributed by atoms with Gasteiger partial charge in [0.05, 0.1) is 19.0 Å². The van der Waals surface area contributed by atoms with Gasteiger partial charge in [-0.3, -0.25) is 0 Å². The largest absolute Gasteiger partial charge is 0.481 e. The van der Waals surface area contributed by atoms with Gasteiger partial charge in [0.1, 0.15) is 0 Å². The van der Waals surface area contributed by atoms with Crippen LogP contribution >= 0.6 is 0 Å². The third-order valence-electron chi connectivity index (χ3n) is 2.15. The van der Waals surface area contributed by atoms with Crippen LogP contribution in [0.2, 0.25) is 0 Å². The van der Waals surface area contributed by atoms with E-state index in [0.29, 0.717) is 11.6 Å². The second-order valence-corrected chi connectivity index (χ2v) is 3.19. The third-order valence-corrected chi connectivity index (χ3v) is 2.15. The molecule has 2 aromatic rings. The first-order chi connectivity index (χ1) is 7.31. The van der Waals surface area contributed by atoms with E-state index in [4.69, 9.17) is 10.5 Å². The summed E-state index contributed by atoms with van der Waals surface area (Å²) in [6.45, 7) is 0. The Balaban J connectivity index is 2.56. The van der Waals surface area contributed by atoms with Crippen molar-refractivity contribution in [3.63, 3.8) is 0 Å². The number of pyridine rings is 1. The molecule has 2 rings (SSSR count). The van der Waals surface area contributed by atoms with Crippen LogP contribution in [0.1, 0.15) is 0 Å². The molecule has 1 heterocycles. The summed E-state index contributed by atoms with van der Waals surface area (Å²) < 4.78 is 5.19. The maximum atomic E-state index is 5.70. The molecule has 2 N–H and O–H groups in total. The fourth-order valence-corrected chi connectivity index (χ4v) is 1.46. The van der Waals surface area contributed by atoms with Gasteiger partial charge in [0.15, 0.2) is 0 Å². The van der Waals surface area contributed by atoms with Crippen LogP contribution in [0, 0.1) is 0 Å². The lowest BCUT2D eigenvalue weighted by atomic mass is 10.1. The molecule has 0 unspecified atom stereocenters. The number of anilines is 1. The van der Waals surface area contributed by atoms with Crippen LogP contribution in [0.25, 0.3) is 11.1 Å². The number of methoxy groups -OCH3 is 1. The molecule has 0 aliphatic carbocycles. The first-order valence-corrected chi connectivity index (χ1v) is 4.66. The molecule has 1 aromatic heterocycles. The lowest BCUT2D eigenvalue weighted by Gasteiger charge is -2.07. The fourth-order valence-electron chi connectivity index (χ4n) is 1.46. The van der Waals surface area contributed by atoms with Gasteiger partial charge in [-0.1, -0.05) is 30.3 Å². The normalized spacial score (nSPS) is 9.93. The minimum Gasteiger partial charge on any atom is -0.481 e. The number of hydrogen-bond acceptors (Lipinski definition) is 3. The highest BCUT2D eigenvalue weighted by molar-refractivity contribution is 5.71. The van der Waals surface area contributed by atoms with E-state index >= 15 is 0 Å². The Labute approximate surface area is 88.5 Å². The monoisotopic (exact) mass is 200 g/mol. The summed E-state index contributed by atoms with van der Waals surface area (Å²) in [7, 11) is 1.60. The molecule has 3 heteroatoms. The van der Waals surface area contributed by atoms with E-state index in [0.717, 1.165) is 11.1 Å². The van der Waals surface area contributed by atoms with Crippen molar-refractivity contribution in [2.45, 2.75) is 0 Å². The van der Waals surface area contributed by atoms with Gasteiger partial charge >= 0.3 is 0 Å². The molecule has 0 atom stereocenters. The van der Waals surface area contributed by atoms with Gasteiger partial charge in [0.2, 0.25) is 5.88 Å². The SMILES string of the molecule is COc1ncc(N)cc1-c1ccccc1. The third kappa shape index (κ3) is 1.91. The van der Waals surface area contributed by atoms with E-state index in [1.54, 1.807) is 13.3 Å². The lowest BCUT2D eigenvalue weighted by molar-refractivity contribution is 0.400. The molecular formula is C12H12N2O. The van der Waals surface area contributed by atoms with E-state index in [-0.39, 0.29) is 0 Å². The molecule has 0 aliphatic rings.